The van der Waals surface area contributed by atoms with E-state index in [2.05, 4.69) is 17.4 Å². The van der Waals surface area contributed by atoms with Crippen molar-refractivity contribution in [2.45, 2.75) is 19.5 Å². The van der Waals surface area contributed by atoms with E-state index in [1.54, 1.807) is 0 Å². The molecule has 0 bridgehead atoms. The van der Waals surface area contributed by atoms with Crippen LogP contribution in [0.5, 0.6) is 0 Å². The van der Waals surface area contributed by atoms with Crippen molar-refractivity contribution in [3.8, 4) is 0 Å². The van der Waals surface area contributed by atoms with Crippen molar-refractivity contribution in [3.05, 3.63) is 70.7 Å². The Hall–Kier alpha value is -1.84. The molecule has 2 aromatic carbocycles. The molecule has 116 valence electrons. The average Bonchev–Trinajstić information content (AvgIpc) is 2.48. The summed E-state index contributed by atoms with van der Waals surface area (Å²) in [5, 5.41) is 3.71. The van der Waals surface area contributed by atoms with Crippen LogP contribution in [0.4, 0.5) is 0 Å². The Bertz CT molecular complexity index is 598. The fraction of sp³-hybridized carbons (Fsp3) is 0.278. The summed E-state index contributed by atoms with van der Waals surface area (Å²) >= 11 is 5.87. The standard InChI is InChI=1S/C18H21ClN2O/c1-14(16-8-10-17(19)11-9-16)20-18(22)13-21(2)12-15-6-4-3-5-7-15/h3-11,14H,12-13H2,1-2H3,(H,20,22). The van der Waals surface area contributed by atoms with Crippen LogP contribution < -0.4 is 5.32 Å². The first-order chi connectivity index (χ1) is 10.5. The average molecular weight is 317 g/mol. The van der Waals surface area contributed by atoms with Crippen LogP contribution in [0.1, 0.15) is 24.1 Å². The fourth-order valence-corrected chi connectivity index (χ4v) is 2.44. The van der Waals surface area contributed by atoms with Crippen LogP contribution in [-0.4, -0.2) is 24.4 Å². The van der Waals surface area contributed by atoms with E-state index in [4.69, 9.17) is 11.6 Å². The highest BCUT2D eigenvalue weighted by molar-refractivity contribution is 6.30. The van der Waals surface area contributed by atoms with Gasteiger partial charge in [0.1, 0.15) is 0 Å². The molecule has 1 unspecified atom stereocenters. The van der Waals surface area contributed by atoms with Crippen LogP contribution in [0.25, 0.3) is 0 Å². The number of hydrogen-bond donors (Lipinski definition) is 1. The van der Waals surface area contributed by atoms with Crippen molar-refractivity contribution >= 4 is 17.5 Å². The van der Waals surface area contributed by atoms with Crippen LogP contribution in [-0.2, 0) is 11.3 Å². The number of amides is 1. The summed E-state index contributed by atoms with van der Waals surface area (Å²) in [7, 11) is 1.94. The SMILES string of the molecule is CC(NC(=O)CN(C)Cc1ccccc1)c1ccc(Cl)cc1. The van der Waals surface area contributed by atoms with Crippen molar-refractivity contribution in [2.75, 3.05) is 13.6 Å². The highest BCUT2D eigenvalue weighted by atomic mass is 35.5. The molecule has 22 heavy (non-hydrogen) atoms. The molecule has 4 heteroatoms. The lowest BCUT2D eigenvalue weighted by Crippen LogP contribution is -2.36. The summed E-state index contributed by atoms with van der Waals surface area (Å²) in [6, 6.07) is 17.6. The predicted octanol–water partition coefficient (Wildman–Crippen LogP) is 3.65. The van der Waals surface area contributed by atoms with Crippen molar-refractivity contribution in [1.82, 2.24) is 10.2 Å². The van der Waals surface area contributed by atoms with Crippen LogP contribution in [0.15, 0.2) is 54.6 Å². The minimum Gasteiger partial charge on any atom is -0.348 e. The summed E-state index contributed by atoms with van der Waals surface area (Å²) in [4.78, 5) is 14.1. The van der Waals surface area contributed by atoms with E-state index >= 15 is 0 Å². The highest BCUT2D eigenvalue weighted by Gasteiger charge is 2.11. The molecule has 0 heterocycles. The van der Waals surface area contributed by atoms with Gasteiger partial charge in [0.25, 0.3) is 0 Å². The summed E-state index contributed by atoms with van der Waals surface area (Å²) in [5.74, 6) is 0.0147. The summed E-state index contributed by atoms with van der Waals surface area (Å²) < 4.78 is 0. The van der Waals surface area contributed by atoms with E-state index in [9.17, 15) is 4.79 Å². The number of nitrogens with zero attached hydrogens (tertiary/aromatic N) is 1. The summed E-state index contributed by atoms with van der Waals surface area (Å²) in [5.41, 5.74) is 2.24. The maximum Gasteiger partial charge on any atom is 0.234 e. The lowest BCUT2D eigenvalue weighted by Gasteiger charge is -2.19. The Kier molecular flexibility index (Phi) is 5.99. The lowest BCUT2D eigenvalue weighted by atomic mass is 10.1. The first-order valence-corrected chi connectivity index (χ1v) is 7.69. The Morgan fingerprint density at radius 1 is 1.14 bits per heavy atom. The zero-order valence-corrected chi connectivity index (χ0v) is 13.7. The number of likely N-dealkylation sites (N-methyl/N-ethyl adjacent to an activating group) is 1. The molecule has 0 aromatic heterocycles. The Labute approximate surface area is 136 Å². The molecule has 2 rings (SSSR count). The van der Waals surface area contributed by atoms with Crippen LogP contribution in [0.3, 0.4) is 0 Å². The zero-order chi connectivity index (χ0) is 15.9. The number of rotatable bonds is 6. The molecule has 0 radical (unpaired) electrons. The summed E-state index contributed by atoms with van der Waals surface area (Å²) in [6.45, 7) is 3.09. The van der Waals surface area contributed by atoms with E-state index in [0.29, 0.717) is 11.6 Å². The molecule has 0 fully saturated rings. The second-order valence-corrected chi connectivity index (χ2v) is 5.94. The van der Waals surface area contributed by atoms with Gasteiger partial charge in [-0.2, -0.15) is 0 Å². The normalized spacial score (nSPS) is 12.2. The summed E-state index contributed by atoms with van der Waals surface area (Å²) in [6.07, 6.45) is 0. The molecule has 3 nitrogen and oxygen atoms in total. The topological polar surface area (TPSA) is 32.3 Å². The van der Waals surface area contributed by atoms with Gasteiger partial charge in [0.15, 0.2) is 0 Å². The quantitative estimate of drug-likeness (QED) is 0.882. The lowest BCUT2D eigenvalue weighted by molar-refractivity contribution is -0.122. The first kappa shape index (κ1) is 16.5. The van der Waals surface area contributed by atoms with Gasteiger partial charge >= 0.3 is 0 Å². The first-order valence-electron chi connectivity index (χ1n) is 7.32. The van der Waals surface area contributed by atoms with Gasteiger partial charge in [-0.25, -0.2) is 0 Å². The number of carbonyl (C=O) groups is 1. The monoisotopic (exact) mass is 316 g/mol. The molecule has 0 spiro atoms. The fourth-order valence-electron chi connectivity index (χ4n) is 2.32. The molecule has 0 aliphatic rings. The molecule has 0 aliphatic carbocycles. The van der Waals surface area contributed by atoms with Gasteiger partial charge in [-0.3, -0.25) is 9.69 Å². The van der Waals surface area contributed by atoms with E-state index in [-0.39, 0.29) is 11.9 Å². The minimum atomic E-state index is -0.0325. The second kappa shape index (κ2) is 7.97. The van der Waals surface area contributed by atoms with Gasteiger partial charge in [0, 0.05) is 11.6 Å². The highest BCUT2D eigenvalue weighted by Crippen LogP contribution is 2.15. The van der Waals surface area contributed by atoms with Crippen LogP contribution >= 0.6 is 11.6 Å². The Balaban J connectivity index is 1.83. The van der Waals surface area contributed by atoms with E-state index < -0.39 is 0 Å². The van der Waals surface area contributed by atoms with Crippen molar-refractivity contribution in [2.24, 2.45) is 0 Å². The third-order valence-corrected chi connectivity index (χ3v) is 3.71. The molecular weight excluding hydrogens is 296 g/mol. The van der Waals surface area contributed by atoms with Gasteiger partial charge in [-0.1, -0.05) is 54.1 Å². The van der Waals surface area contributed by atoms with Crippen molar-refractivity contribution in [3.63, 3.8) is 0 Å². The molecule has 1 amide bonds. The molecule has 1 N–H and O–H groups in total. The minimum absolute atomic E-state index is 0.0147. The molecule has 2 aromatic rings. The Morgan fingerprint density at radius 2 is 1.77 bits per heavy atom. The van der Waals surface area contributed by atoms with Crippen LogP contribution in [0, 0.1) is 0 Å². The van der Waals surface area contributed by atoms with Crippen LogP contribution in [0.2, 0.25) is 5.02 Å². The third kappa shape index (κ3) is 5.17. The van der Waals surface area contributed by atoms with Crippen molar-refractivity contribution < 1.29 is 4.79 Å². The van der Waals surface area contributed by atoms with Crippen molar-refractivity contribution in [1.29, 1.82) is 0 Å². The maximum atomic E-state index is 12.1. The van der Waals surface area contributed by atoms with E-state index in [0.717, 1.165) is 12.1 Å². The van der Waals surface area contributed by atoms with E-state index in [1.807, 2.05) is 61.3 Å². The number of halogens is 1. The molecule has 0 saturated carbocycles. The zero-order valence-electron chi connectivity index (χ0n) is 12.9. The number of hydrogen-bond acceptors (Lipinski definition) is 2. The number of nitrogens with one attached hydrogen (secondary N) is 1. The second-order valence-electron chi connectivity index (χ2n) is 5.50. The van der Waals surface area contributed by atoms with Gasteiger partial charge in [-0.05, 0) is 37.2 Å². The van der Waals surface area contributed by atoms with Gasteiger partial charge < -0.3 is 5.32 Å². The van der Waals surface area contributed by atoms with Gasteiger partial charge in [0.2, 0.25) is 5.91 Å². The number of carbonyl (C=O) groups excluding carboxylic acids is 1. The maximum absolute atomic E-state index is 12.1. The molecular formula is C18H21ClN2O. The van der Waals surface area contributed by atoms with Gasteiger partial charge in [-0.15, -0.1) is 0 Å². The molecule has 1 atom stereocenters. The predicted molar refractivity (Wildman–Crippen MR) is 90.8 cm³/mol. The molecule has 0 aliphatic heterocycles. The largest absolute Gasteiger partial charge is 0.348 e. The smallest absolute Gasteiger partial charge is 0.234 e. The molecule has 0 saturated heterocycles. The Morgan fingerprint density at radius 3 is 2.41 bits per heavy atom. The third-order valence-electron chi connectivity index (χ3n) is 3.46. The van der Waals surface area contributed by atoms with E-state index in [1.165, 1.54) is 5.56 Å². The van der Waals surface area contributed by atoms with Gasteiger partial charge in [0.05, 0.1) is 12.6 Å². The number of benzene rings is 2.